The summed E-state index contributed by atoms with van der Waals surface area (Å²) in [5.74, 6) is 0.204. The highest BCUT2D eigenvalue weighted by Gasteiger charge is 2.10. The molecular formula is C25H20BrN3O4. The molecule has 0 atom stereocenters. The lowest BCUT2D eigenvalue weighted by Crippen LogP contribution is -2.20. The van der Waals surface area contributed by atoms with E-state index in [1.54, 1.807) is 24.3 Å². The third-order valence-corrected chi connectivity index (χ3v) is 5.55. The summed E-state index contributed by atoms with van der Waals surface area (Å²) >= 11 is 3.43. The third-order valence-electron chi connectivity index (χ3n) is 4.93. The van der Waals surface area contributed by atoms with Gasteiger partial charge in [0.05, 0.1) is 21.0 Å². The molecule has 0 heterocycles. The van der Waals surface area contributed by atoms with Gasteiger partial charge in [-0.05, 0) is 94.5 Å². The lowest BCUT2D eigenvalue weighted by atomic mass is 10.0. The molecule has 0 bridgehead atoms. The van der Waals surface area contributed by atoms with Gasteiger partial charge >= 0.3 is 0 Å². The molecule has 166 valence electrons. The number of nitrogens with one attached hydrogen (secondary N) is 1. The van der Waals surface area contributed by atoms with E-state index in [1.165, 1.54) is 24.3 Å². The van der Waals surface area contributed by atoms with Crippen LogP contribution in [0.3, 0.4) is 0 Å². The number of non-ortho nitro benzene ring substituents is 1. The molecule has 8 heteroatoms. The van der Waals surface area contributed by atoms with E-state index in [-0.39, 0.29) is 18.2 Å². The molecule has 0 unspecified atom stereocenters. The van der Waals surface area contributed by atoms with Crippen LogP contribution in [0.1, 0.15) is 22.3 Å². The quantitative estimate of drug-likeness (QED) is 0.182. The molecule has 1 amide bonds. The van der Waals surface area contributed by atoms with E-state index in [4.69, 9.17) is 4.74 Å². The van der Waals surface area contributed by atoms with Crippen LogP contribution in [0.25, 0.3) is 11.6 Å². The van der Waals surface area contributed by atoms with Crippen LogP contribution in [0.4, 0.5) is 11.4 Å². The first-order valence-corrected chi connectivity index (χ1v) is 10.7. The van der Waals surface area contributed by atoms with Gasteiger partial charge in [-0.2, -0.15) is 5.26 Å². The van der Waals surface area contributed by atoms with Crippen molar-refractivity contribution in [1.82, 2.24) is 0 Å². The van der Waals surface area contributed by atoms with E-state index >= 15 is 0 Å². The summed E-state index contributed by atoms with van der Waals surface area (Å²) < 4.78 is 6.24. The summed E-state index contributed by atoms with van der Waals surface area (Å²) in [6.45, 7) is 3.83. The molecule has 0 aromatic heterocycles. The molecule has 0 saturated heterocycles. The normalized spacial score (nSPS) is 10.9. The number of halogens is 1. The largest absolute Gasteiger partial charge is 0.483 e. The molecule has 1 N–H and O–H groups in total. The van der Waals surface area contributed by atoms with Gasteiger partial charge in [0.2, 0.25) is 0 Å². The van der Waals surface area contributed by atoms with Gasteiger partial charge in [-0.1, -0.05) is 12.1 Å². The summed E-state index contributed by atoms with van der Waals surface area (Å²) in [6.07, 6.45) is 1.67. The van der Waals surface area contributed by atoms with E-state index < -0.39 is 4.92 Å². The molecule has 0 fully saturated rings. The van der Waals surface area contributed by atoms with Crippen LogP contribution < -0.4 is 10.1 Å². The van der Waals surface area contributed by atoms with Crippen molar-refractivity contribution >= 4 is 44.9 Å². The number of hydrogen-bond acceptors (Lipinski definition) is 5. The molecule has 0 aliphatic heterocycles. The Labute approximate surface area is 199 Å². The van der Waals surface area contributed by atoms with Crippen LogP contribution >= 0.6 is 15.9 Å². The summed E-state index contributed by atoms with van der Waals surface area (Å²) in [5, 5.41) is 23.1. The highest BCUT2D eigenvalue weighted by atomic mass is 79.9. The van der Waals surface area contributed by atoms with E-state index in [0.29, 0.717) is 27.0 Å². The van der Waals surface area contributed by atoms with Crippen molar-refractivity contribution in [2.24, 2.45) is 0 Å². The number of allylic oxidation sites excluding steroid dienone is 1. The molecule has 0 aliphatic rings. The Hall–Kier alpha value is -3.96. The van der Waals surface area contributed by atoms with Crippen LogP contribution in [0.15, 0.2) is 65.1 Å². The van der Waals surface area contributed by atoms with E-state index in [0.717, 1.165) is 16.7 Å². The van der Waals surface area contributed by atoms with Gasteiger partial charge in [0.1, 0.15) is 5.75 Å². The highest BCUT2D eigenvalue weighted by Crippen LogP contribution is 2.28. The summed E-state index contributed by atoms with van der Waals surface area (Å²) in [5.41, 5.74) is 4.56. The second-order valence-electron chi connectivity index (χ2n) is 7.30. The van der Waals surface area contributed by atoms with Crippen molar-refractivity contribution < 1.29 is 14.5 Å². The van der Waals surface area contributed by atoms with Gasteiger partial charge in [0.15, 0.2) is 6.61 Å². The maximum atomic E-state index is 12.2. The first kappa shape index (κ1) is 23.7. The highest BCUT2D eigenvalue weighted by molar-refractivity contribution is 9.10. The summed E-state index contributed by atoms with van der Waals surface area (Å²) in [6, 6.07) is 18.8. The maximum absolute atomic E-state index is 12.2. The smallest absolute Gasteiger partial charge is 0.269 e. The van der Waals surface area contributed by atoms with Crippen molar-refractivity contribution in [3.8, 4) is 11.8 Å². The molecule has 7 nitrogen and oxygen atoms in total. The molecule has 0 aliphatic carbocycles. The number of amides is 1. The number of carbonyl (C=O) groups is 1. The SMILES string of the molecule is Cc1ccc(NC(=O)COc2ccc(/C=C(\C#N)c3ccc([N+](=O)[O-])cc3)cc2Br)cc1C. The van der Waals surface area contributed by atoms with Gasteiger partial charge in [0, 0.05) is 17.8 Å². The molecule has 0 spiro atoms. The van der Waals surface area contributed by atoms with Crippen LogP contribution in [-0.4, -0.2) is 17.4 Å². The lowest BCUT2D eigenvalue weighted by molar-refractivity contribution is -0.384. The Morgan fingerprint density at radius 3 is 2.45 bits per heavy atom. The monoisotopic (exact) mass is 505 g/mol. The Morgan fingerprint density at radius 1 is 1.12 bits per heavy atom. The third kappa shape index (κ3) is 6.28. The number of hydrogen-bond donors (Lipinski definition) is 1. The topological polar surface area (TPSA) is 105 Å². The average Bonchev–Trinajstić information content (AvgIpc) is 2.79. The number of nitriles is 1. The number of anilines is 1. The van der Waals surface area contributed by atoms with Crippen LogP contribution in [0.5, 0.6) is 5.75 Å². The molecule has 3 aromatic rings. The Bertz CT molecular complexity index is 1280. The number of rotatable bonds is 7. The molecule has 0 radical (unpaired) electrons. The fourth-order valence-electron chi connectivity index (χ4n) is 2.99. The standard InChI is InChI=1S/C25H20BrN3O4/c1-16-3-7-21(11-17(16)2)28-25(30)15-33-24-10-4-18(13-23(24)26)12-20(14-27)19-5-8-22(9-6-19)29(31)32/h3-13H,15H2,1-2H3,(H,28,30)/b20-12+. The zero-order valence-electron chi connectivity index (χ0n) is 18.0. The number of nitro groups is 1. The number of carbonyl (C=O) groups excluding carboxylic acids is 1. The van der Waals surface area contributed by atoms with Gasteiger partial charge < -0.3 is 10.1 Å². The first-order chi connectivity index (χ1) is 15.8. The second kappa shape index (κ2) is 10.6. The molecule has 0 saturated carbocycles. The summed E-state index contributed by atoms with van der Waals surface area (Å²) in [4.78, 5) is 22.5. The number of aryl methyl sites for hydroxylation is 2. The Kier molecular flexibility index (Phi) is 7.59. The lowest BCUT2D eigenvalue weighted by Gasteiger charge is -2.10. The zero-order chi connectivity index (χ0) is 24.0. The van der Waals surface area contributed by atoms with E-state index in [9.17, 15) is 20.2 Å². The summed E-state index contributed by atoms with van der Waals surface area (Å²) in [7, 11) is 0. The fourth-order valence-corrected chi connectivity index (χ4v) is 3.50. The predicted molar refractivity (Wildman–Crippen MR) is 131 cm³/mol. The van der Waals surface area contributed by atoms with Crippen molar-refractivity contribution in [1.29, 1.82) is 5.26 Å². The van der Waals surface area contributed by atoms with Gasteiger partial charge in [-0.25, -0.2) is 0 Å². The average molecular weight is 506 g/mol. The van der Waals surface area contributed by atoms with E-state index in [2.05, 4.69) is 27.3 Å². The molecule has 3 aromatic carbocycles. The van der Waals surface area contributed by atoms with Gasteiger partial charge in [-0.3, -0.25) is 14.9 Å². The maximum Gasteiger partial charge on any atom is 0.269 e. The minimum Gasteiger partial charge on any atom is -0.483 e. The number of ether oxygens (including phenoxy) is 1. The van der Waals surface area contributed by atoms with E-state index in [1.807, 2.05) is 32.0 Å². The van der Waals surface area contributed by atoms with Gasteiger partial charge in [0.25, 0.3) is 11.6 Å². The van der Waals surface area contributed by atoms with Crippen molar-refractivity contribution in [2.75, 3.05) is 11.9 Å². The van der Waals surface area contributed by atoms with Crippen molar-refractivity contribution in [2.45, 2.75) is 13.8 Å². The Morgan fingerprint density at radius 2 is 1.85 bits per heavy atom. The molecular weight excluding hydrogens is 486 g/mol. The van der Waals surface area contributed by atoms with Crippen LogP contribution in [-0.2, 0) is 4.79 Å². The Balaban J connectivity index is 1.67. The number of nitro benzene ring substituents is 1. The second-order valence-corrected chi connectivity index (χ2v) is 8.15. The number of benzene rings is 3. The minimum atomic E-state index is -0.489. The predicted octanol–water partition coefficient (Wildman–Crippen LogP) is 6.06. The minimum absolute atomic E-state index is 0.0400. The van der Waals surface area contributed by atoms with Gasteiger partial charge in [-0.15, -0.1) is 0 Å². The molecule has 33 heavy (non-hydrogen) atoms. The first-order valence-electron chi connectivity index (χ1n) is 9.93. The van der Waals surface area contributed by atoms with Crippen molar-refractivity contribution in [3.05, 3.63) is 97.5 Å². The van der Waals surface area contributed by atoms with Crippen LogP contribution in [0, 0.1) is 35.3 Å². The molecule has 3 rings (SSSR count). The number of nitrogens with zero attached hydrogens (tertiary/aromatic N) is 2. The zero-order valence-corrected chi connectivity index (χ0v) is 19.5. The fraction of sp³-hybridized carbons (Fsp3) is 0.120. The van der Waals surface area contributed by atoms with Crippen LogP contribution in [0.2, 0.25) is 0 Å². The van der Waals surface area contributed by atoms with Crippen molar-refractivity contribution in [3.63, 3.8) is 0 Å².